The smallest absolute Gasteiger partial charge is 0.176 e. The number of nitrogens with zero attached hydrogens (tertiary/aromatic N) is 4. The maximum absolute atomic E-state index is 10.2. The van der Waals surface area contributed by atoms with E-state index in [2.05, 4.69) is 45.1 Å². The van der Waals surface area contributed by atoms with Crippen LogP contribution in [-0.4, -0.2) is 24.9 Å². The molecule has 7 heteroatoms. The van der Waals surface area contributed by atoms with E-state index in [9.17, 15) is 5.11 Å². The van der Waals surface area contributed by atoms with E-state index in [1.54, 1.807) is 26.2 Å². The molecule has 3 aromatic heterocycles. The minimum Gasteiger partial charge on any atom is -0.453 e. The van der Waals surface area contributed by atoms with Crippen molar-refractivity contribution in [1.82, 2.24) is 19.7 Å². The summed E-state index contributed by atoms with van der Waals surface area (Å²) in [4.78, 5) is 8.68. The summed E-state index contributed by atoms with van der Waals surface area (Å²) < 4.78 is 8.49. The number of aryl methyl sites for hydroxylation is 2. The molecular formula is C26H27N5O2. The highest BCUT2D eigenvalue weighted by atomic mass is 16.5. The summed E-state index contributed by atoms with van der Waals surface area (Å²) in [5.41, 5.74) is 4.58. The van der Waals surface area contributed by atoms with Gasteiger partial charge in [-0.3, -0.25) is 9.67 Å². The van der Waals surface area contributed by atoms with Gasteiger partial charge in [0.25, 0.3) is 0 Å². The number of hydrogen-bond donors (Lipinski definition) is 2. The maximum Gasteiger partial charge on any atom is 0.176 e. The molecule has 0 unspecified atom stereocenters. The zero-order chi connectivity index (χ0) is 23.0. The molecule has 0 atom stereocenters. The highest BCUT2D eigenvalue weighted by Crippen LogP contribution is 2.39. The number of anilines is 2. The lowest BCUT2D eigenvalue weighted by molar-refractivity contribution is 0.0739. The molecule has 4 heterocycles. The van der Waals surface area contributed by atoms with Gasteiger partial charge in [-0.2, -0.15) is 5.10 Å². The van der Waals surface area contributed by atoms with Gasteiger partial charge in [0, 0.05) is 36.3 Å². The van der Waals surface area contributed by atoms with Gasteiger partial charge in [0.1, 0.15) is 22.9 Å². The Balaban J connectivity index is 1.44. The molecule has 2 N–H and O–H groups in total. The first-order chi connectivity index (χ1) is 15.9. The molecule has 168 valence electrons. The van der Waals surface area contributed by atoms with Gasteiger partial charge in [-0.25, -0.2) is 4.98 Å². The molecule has 1 aliphatic heterocycles. The molecule has 0 radical (unpaired) electrons. The first-order valence-electron chi connectivity index (χ1n) is 11.1. The van der Waals surface area contributed by atoms with Crippen molar-refractivity contribution in [3.63, 3.8) is 0 Å². The van der Waals surface area contributed by atoms with Crippen LogP contribution in [0.25, 0.3) is 11.3 Å². The fourth-order valence-corrected chi connectivity index (χ4v) is 4.04. The average Bonchev–Trinajstić information content (AvgIpc) is 3.36. The number of rotatable bonds is 6. The Hall–Kier alpha value is -3.71. The number of fused-ring (bicyclic) bond motifs is 1. The van der Waals surface area contributed by atoms with Crippen LogP contribution in [0, 0.1) is 6.92 Å². The maximum atomic E-state index is 10.2. The van der Waals surface area contributed by atoms with Gasteiger partial charge in [0.05, 0.1) is 11.4 Å². The molecular weight excluding hydrogens is 414 g/mol. The van der Waals surface area contributed by atoms with Gasteiger partial charge in [0.15, 0.2) is 5.75 Å². The molecule has 0 saturated heterocycles. The Kier molecular flexibility index (Phi) is 5.34. The molecule has 0 spiro atoms. The van der Waals surface area contributed by atoms with E-state index in [1.165, 1.54) is 5.56 Å². The van der Waals surface area contributed by atoms with Gasteiger partial charge in [-0.1, -0.05) is 23.8 Å². The predicted octanol–water partition coefficient (Wildman–Crippen LogP) is 5.36. The zero-order valence-corrected chi connectivity index (χ0v) is 19.0. The van der Waals surface area contributed by atoms with E-state index >= 15 is 0 Å². The third-order valence-corrected chi connectivity index (χ3v) is 5.69. The molecule has 5 rings (SSSR count). The third-order valence-electron chi connectivity index (χ3n) is 5.69. The van der Waals surface area contributed by atoms with E-state index in [0.717, 1.165) is 47.8 Å². The second-order valence-electron chi connectivity index (χ2n) is 8.91. The van der Waals surface area contributed by atoms with Gasteiger partial charge < -0.3 is 15.2 Å². The lowest BCUT2D eigenvalue weighted by Crippen LogP contribution is -2.17. The Morgan fingerprint density at radius 1 is 1.06 bits per heavy atom. The number of benzene rings is 1. The molecule has 7 nitrogen and oxygen atoms in total. The number of aliphatic hydroxyl groups is 1. The summed E-state index contributed by atoms with van der Waals surface area (Å²) in [7, 11) is 0. The molecule has 0 fully saturated rings. The van der Waals surface area contributed by atoms with Crippen LogP contribution < -0.4 is 10.1 Å². The summed E-state index contributed by atoms with van der Waals surface area (Å²) >= 11 is 0. The number of nitrogens with one attached hydrogen (secondary N) is 1. The molecule has 0 aliphatic carbocycles. The second kappa shape index (κ2) is 8.33. The third kappa shape index (κ3) is 4.45. The lowest BCUT2D eigenvalue weighted by atomic mass is 10.0. The summed E-state index contributed by atoms with van der Waals surface area (Å²) in [5.74, 6) is 2.13. The van der Waals surface area contributed by atoms with Crippen LogP contribution in [0.1, 0.15) is 37.2 Å². The topological polar surface area (TPSA) is 85.1 Å². The number of ether oxygens (including phenoxy) is 1. The van der Waals surface area contributed by atoms with Crippen LogP contribution in [0.5, 0.6) is 11.5 Å². The summed E-state index contributed by atoms with van der Waals surface area (Å²) in [6.07, 6.45) is 5.40. The molecule has 1 aliphatic rings. The number of hydrogen-bond acceptors (Lipinski definition) is 6. The van der Waals surface area contributed by atoms with Gasteiger partial charge in [-0.05, 0) is 57.9 Å². The SMILES string of the molecule is Cc1cccc(-c2nn3c(c2Oc2ccnc(Nc4ccnc(C(C)(C)O)c4)c2)CCC3)c1. The Morgan fingerprint density at radius 3 is 2.73 bits per heavy atom. The van der Waals surface area contributed by atoms with Crippen LogP contribution in [0.15, 0.2) is 60.9 Å². The monoisotopic (exact) mass is 441 g/mol. The van der Waals surface area contributed by atoms with Gasteiger partial charge >= 0.3 is 0 Å². The summed E-state index contributed by atoms with van der Waals surface area (Å²) in [6, 6.07) is 15.7. The molecule has 1 aromatic carbocycles. The fraction of sp³-hybridized carbons (Fsp3) is 0.269. The normalized spacial score (nSPS) is 13.1. The standard InChI is InChI=1S/C26H27N5O2/c1-17-6-4-7-18(14-17)24-25(21-8-5-13-31(21)30-24)33-20-10-12-28-23(16-20)29-19-9-11-27-22(15-19)26(2,3)32/h4,6-7,9-12,14-16,32H,5,8,13H2,1-3H3,(H,27,28,29). The summed E-state index contributed by atoms with van der Waals surface area (Å²) in [6.45, 7) is 6.41. The Bertz CT molecular complexity index is 1310. The van der Waals surface area contributed by atoms with Gasteiger partial charge in [-0.15, -0.1) is 0 Å². The quantitative estimate of drug-likeness (QED) is 0.419. The van der Waals surface area contributed by atoms with Crippen LogP contribution in [0.2, 0.25) is 0 Å². The highest BCUT2D eigenvalue weighted by Gasteiger charge is 2.25. The van der Waals surface area contributed by atoms with E-state index in [1.807, 2.05) is 30.3 Å². The molecule has 0 saturated carbocycles. The number of aromatic nitrogens is 4. The van der Waals surface area contributed by atoms with Crippen LogP contribution in [0.3, 0.4) is 0 Å². The first kappa shape index (κ1) is 21.2. The predicted molar refractivity (Wildman–Crippen MR) is 128 cm³/mol. The molecule has 0 amide bonds. The van der Waals surface area contributed by atoms with Crippen molar-refractivity contribution in [3.8, 4) is 22.8 Å². The Morgan fingerprint density at radius 2 is 1.91 bits per heavy atom. The van der Waals surface area contributed by atoms with Crippen molar-refractivity contribution < 1.29 is 9.84 Å². The van der Waals surface area contributed by atoms with Crippen molar-refractivity contribution in [2.24, 2.45) is 0 Å². The van der Waals surface area contributed by atoms with Crippen LogP contribution in [0.4, 0.5) is 11.5 Å². The molecule has 33 heavy (non-hydrogen) atoms. The van der Waals surface area contributed by atoms with Crippen molar-refractivity contribution in [3.05, 3.63) is 77.9 Å². The average molecular weight is 442 g/mol. The van der Waals surface area contributed by atoms with E-state index in [0.29, 0.717) is 17.3 Å². The van der Waals surface area contributed by atoms with E-state index in [4.69, 9.17) is 9.84 Å². The van der Waals surface area contributed by atoms with E-state index in [-0.39, 0.29) is 0 Å². The number of pyridine rings is 2. The van der Waals surface area contributed by atoms with Crippen molar-refractivity contribution in [2.45, 2.75) is 45.8 Å². The van der Waals surface area contributed by atoms with Gasteiger partial charge in [0.2, 0.25) is 0 Å². The minimum absolute atomic E-state index is 0.582. The van der Waals surface area contributed by atoms with Crippen molar-refractivity contribution in [1.29, 1.82) is 0 Å². The van der Waals surface area contributed by atoms with Crippen LogP contribution in [-0.2, 0) is 18.6 Å². The van der Waals surface area contributed by atoms with Crippen LogP contribution >= 0.6 is 0 Å². The second-order valence-corrected chi connectivity index (χ2v) is 8.91. The van der Waals surface area contributed by atoms with E-state index < -0.39 is 5.60 Å². The fourth-order valence-electron chi connectivity index (χ4n) is 4.04. The lowest BCUT2D eigenvalue weighted by Gasteiger charge is -2.17. The zero-order valence-electron chi connectivity index (χ0n) is 19.0. The minimum atomic E-state index is -1.02. The first-order valence-corrected chi connectivity index (χ1v) is 11.1. The molecule has 0 bridgehead atoms. The Labute approximate surface area is 193 Å². The van der Waals surface area contributed by atoms with Crippen molar-refractivity contribution in [2.75, 3.05) is 5.32 Å². The summed E-state index contributed by atoms with van der Waals surface area (Å²) in [5, 5.41) is 18.4. The van der Waals surface area contributed by atoms with Crippen molar-refractivity contribution >= 4 is 11.5 Å². The largest absolute Gasteiger partial charge is 0.453 e. The molecule has 4 aromatic rings. The highest BCUT2D eigenvalue weighted by molar-refractivity contribution is 5.69.